The monoisotopic (exact) mass is 404 g/mol. The van der Waals surface area contributed by atoms with Gasteiger partial charge in [-0.3, -0.25) is 4.79 Å². The Morgan fingerprint density at radius 2 is 1.79 bits per heavy atom. The van der Waals surface area contributed by atoms with Gasteiger partial charge in [-0.2, -0.15) is 13.2 Å². The van der Waals surface area contributed by atoms with E-state index in [0.29, 0.717) is 0 Å². The number of rotatable bonds is 5. The molecule has 9 heteroatoms. The van der Waals surface area contributed by atoms with Crippen molar-refractivity contribution in [2.75, 3.05) is 12.4 Å². The first-order valence-corrected chi connectivity index (χ1v) is 8.27. The van der Waals surface area contributed by atoms with Gasteiger partial charge >= 0.3 is 6.18 Å². The van der Waals surface area contributed by atoms with Gasteiger partial charge in [-0.05, 0) is 30.3 Å². The number of halogens is 3. The van der Waals surface area contributed by atoms with E-state index in [0.717, 1.165) is 12.1 Å². The summed E-state index contributed by atoms with van der Waals surface area (Å²) in [5.74, 6) is -1.59. The Labute approximate surface area is 163 Å². The van der Waals surface area contributed by atoms with Crippen LogP contribution in [0.25, 0.3) is 0 Å². The van der Waals surface area contributed by atoms with Crippen molar-refractivity contribution < 1.29 is 32.5 Å². The number of aromatic nitrogens is 1. The molecule has 0 atom stereocenters. The number of benzene rings is 2. The van der Waals surface area contributed by atoms with Crippen molar-refractivity contribution in [3.63, 3.8) is 0 Å². The van der Waals surface area contributed by atoms with Crippen LogP contribution in [0, 0.1) is 0 Å². The fourth-order valence-electron chi connectivity index (χ4n) is 2.49. The first-order valence-electron chi connectivity index (χ1n) is 8.27. The number of alkyl halides is 3. The molecule has 3 rings (SSSR count). The molecule has 150 valence electrons. The van der Waals surface area contributed by atoms with Crippen LogP contribution >= 0.6 is 0 Å². The van der Waals surface area contributed by atoms with Crippen LogP contribution in [0.1, 0.15) is 16.1 Å². The minimum atomic E-state index is -4.72. The van der Waals surface area contributed by atoms with Gasteiger partial charge in [0.15, 0.2) is 17.2 Å². The van der Waals surface area contributed by atoms with Crippen molar-refractivity contribution in [1.29, 1.82) is 0 Å². The number of anilines is 1. The molecule has 1 amide bonds. The van der Waals surface area contributed by atoms with E-state index in [9.17, 15) is 23.1 Å². The van der Waals surface area contributed by atoms with E-state index in [2.05, 4.69) is 10.3 Å². The van der Waals surface area contributed by atoms with E-state index in [4.69, 9.17) is 9.47 Å². The zero-order valence-electron chi connectivity index (χ0n) is 15.0. The molecule has 0 aliphatic carbocycles. The van der Waals surface area contributed by atoms with E-state index >= 15 is 0 Å². The molecule has 3 aromatic rings. The molecular formula is C20H15F3N2O4. The third kappa shape index (κ3) is 4.57. The molecule has 0 saturated heterocycles. The van der Waals surface area contributed by atoms with Crippen LogP contribution in [0.15, 0.2) is 60.8 Å². The van der Waals surface area contributed by atoms with E-state index in [1.54, 1.807) is 18.2 Å². The number of nitrogens with one attached hydrogen (secondary N) is 1. The van der Waals surface area contributed by atoms with Gasteiger partial charge in [0.2, 0.25) is 0 Å². The number of para-hydroxylation sites is 1. The number of carbonyl (C=O) groups is 1. The van der Waals surface area contributed by atoms with Gasteiger partial charge in [0, 0.05) is 18.0 Å². The van der Waals surface area contributed by atoms with E-state index < -0.39 is 29.1 Å². The molecule has 2 N–H and O–H groups in total. The number of methoxy groups -OCH3 is 1. The molecule has 2 aromatic carbocycles. The highest BCUT2D eigenvalue weighted by molar-refractivity contribution is 6.05. The maximum Gasteiger partial charge on any atom is 0.420 e. The van der Waals surface area contributed by atoms with Crippen LogP contribution in [0.2, 0.25) is 0 Å². The van der Waals surface area contributed by atoms with Crippen molar-refractivity contribution >= 4 is 11.6 Å². The molecule has 0 fully saturated rings. The normalized spacial score (nSPS) is 11.0. The van der Waals surface area contributed by atoms with E-state index in [1.807, 2.05) is 0 Å². The Morgan fingerprint density at radius 1 is 1.07 bits per heavy atom. The van der Waals surface area contributed by atoms with Gasteiger partial charge in [0.25, 0.3) is 5.91 Å². The molecule has 0 radical (unpaired) electrons. The SMILES string of the molecule is COc1ccnc(C(=O)Nc2ccc(Oc3ccccc3)c(C(F)(F)F)c2)c1O. The molecular weight excluding hydrogens is 389 g/mol. The van der Waals surface area contributed by atoms with Gasteiger partial charge in [-0.1, -0.05) is 18.2 Å². The average molecular weight is 404 g/mol. The van der Waals surface area contributed by atoms with Crippen LogP contribution in [-0.2, 0) is 6.18 Å². The standard InChI is InChI=1S/C20H15F3N2O4/c1-28-16-9-10-24-17(18(16)26)19(27)25-12-7-8-15(14(11-12)20(21,22)23)29-13-5-3-2-4-6-13/h2-11,26H,1H3,(H,25,27). The maximum absolute atomic E-state index is 13.5. The Balaban J connectivity index is 1.90. The molecule has 0 unspecified atom stereocenters. The van der Waals surface area contributed by atoms with Crippen LogP contribution in [0.4, 0.5) is 18.9 Å². The zero-order chi connectivity index (χ0) is 21.0. The van der Waals surface area contributed by atoms with Crippen molar-refractivity contribution in [2.24, 2.45) is 0 Å². The highest BCUT2D eigenvalue weighted by Crippen LogP contribution is 2.40. The van der Waals surface area contributed by atoms with Crippen molar-refractivity contribution in [3.05, 3.63) is 72.1 Å². The Morgan fingerprint density at radius 3 is 2.45 bits per heavy atom. The number of ether oxygens (including phenoxy) is 2. The number of pyridine rings is 1. The molecule has 1 aromatic heterocycles. The number of nitrogens with zero attached hydrogens (tertiary/aromatic N) is 1. The number of aromatic hydroxyl groups is 1. The maximum atomic E-state index is 13.5. The first-order chi connectivity index (χ1) is 13.8. The van der Waals surface area contributed by atoms with Crippen LogP contribution in [0.5, 0.6) is 23.0 Å². The molecule has 0 aliphatic heterocycles. The van der Waals surface area contributed by atoms with Gasteiger partial charge in [-0.15, -0.1) is 0 Å². The Bertz CT molecular complexity index is 1020. The topological polar surface area (TPSA) is 80.7 Å². The van der Waals surface area contributed by atoms with Crippen molar-refractivity contribution in [2.45, 2.75) is 6.18 Å². The summed E-state index contributed by atoms with van der Waals surface area (Å²) in [7, 11) is 1.29. The number of hydrogen-bond acceptors (Lipinski definition) is 5. The molecule has 0 spiro atoms. The highest BCUT2D eigenvalue weighted by atomic mass is 19.4. The third-order valence-corrected chi connectivity index (χ3v) is 3.84. The lowest BCUT2D eigenvalue weighted by Crippen LogP contribution is -2.15. The number of amides is 1. The summed E-state index contributed by atoms with van der Waals surface area (Å²) in [6.07, 6.45) is -3.49. The smallest absolute Gasteiger partial charge is 0.420 e. The van der Waals surface area contributed by atoms with Gasteiger partial charge in [0.1, 0.15) is 17.1 Å². The summed E-state index contributed by atoms with van der Waals surface area (Å²) in [5, 5.41) is 12.3. The fraction of sp³-hybridized carbons (Fsp3) is 0.100. The lowest BCUT2D eigenvalue weighted by atomic mass is 10.1. The number of carbonyl (C=O) groups excluding carboxylic acids is 1. The number of hydrogen-bond donors (Lipinski definition) is 2. The predicted molar refractivity (Wildman–Crippen MR) is 98.4 cm³/mol. The summed E-state index contributed by atoms with van der Waals surface area (Å²) in [4.78, 5) is 16.1. The molecule has 29 heavy (non-hydrogen) atoms. The Kier molecular flexibility index (Phi) is 5.58. The van der Waals surface area contributed by atoms with Crippen molar-refractivity contribution in [3.8, 4) is 23.0 Å². The quantitative estimate of drug-likeness (QED) is 0.635. The van der Waals surface area contributed by atoms with Gasteiger partial charge in [-0.25, -0.2) is 4.98 Å². The summed E-state index contributed by atoms with van der Waals surface area (Å²) < 4.78 is 50.7. The van der Waals surface area contributed by atoms with E-state index in [1.165, 1.54) is 37.6 Å². The van der Waals surface area contributed by atoms with Crippen molar-refractivity contribution in [1.82, 2.24) is 4.98 Å². The van der Waals surface area contributed by atoms with Crippen LogP contribution in [-0.4, -0.2) is 23.1 Å². The molecule has 1 heterocycles. The molecule has 0 bridgehead atoms. The Hall–Kier alpha value is -3.75. The highest BCUT2D eigenvalue weighted by Gasteiger charge is 2.35. The predicted octanol–water partition coefficient (Wildman–Crippen LogP) is 4.86. The second-order valence-electron chi connectivity index (χ2n) is 5.79. The lowest BCUT2D eigenvalue weighted by Gasteiger charge is -2.16. The second-order valence-corrected chi connectivity index (χ2v) is 5.79. The summed E-state index contributed by atoms with van der Waals surface area (Å²) in [6.45, 7) is 0. The first kappa shape index (κ1) is 20.0. The molecule has 0 aliphatic rings. The second kappa shape index (κ2) is 8.09. The minimum Gasteiger partial charge on any atom is -0.503 e. The molecule has 6 nitrogen and oxygen atoms in total. The van der Waals surface area contributed by atoms with Crippen LogP contribution < -0.4 is 14.8 Å². The lowest BCUT2D eigenvalue weighted by molar-refractivity contribution is -0.138. The minimum absolute atomic E-state index is 0.00717. The zero-order valence-corrected chi connectivity index (χ0v) is 15.0. The van der Waals surface area contributed by atoms with Gasteiger partial charge in [0.05, 0.1) is 7.11 Å². The van der Waals surface area contributed by atoms with Gasteiger partial charge < -0.3 is 19.9 Å². The third-order valence-electron chi connectivity index (χ3n) is 3.84. The fourth-order valence-corrected chi connectivity index (χ4v) is 2.49. The van der Waals surface area contributed by atoms with E-state index in [-0.39, 0.29) is 22.9 Å². The largest absolute Gasteiger partial charge is 0.503 e. The van der Waals surface area contributed by atoms with Crippen LogP contribution in [0.3, 0.4) is 0 Å². The summed E-state index contributed by atoms with van der Waals surface area (Å²) >= 11 is 0. The molecule has 0 saturated carbocycles. The average Bonchev–Trinajstić information content (AvgIpc) is 2.69. The summed E-state index contributed by atoms with van der Waals surface area (Å²) in [6, 6.07) is 12.4. The summed E-state index contributed by atoms with van der Waals surface area (Å²) in [5.41, 5.74) is -1.60.